The number of rotatable bonds is 8. The molecular formula is C25H29N5O2. The minimum atomic E-state index is -0.112. The van der Waals surface area contributed by atoms with Crippen LogP contribution < -0.4 is 10.1 Å². The van der Waals surface area contributed by atoms with Crippen LogP contribution in [0.1, 0.15) is 39.9 Å². The zero-order valence-electron chi connectivity index (χ0n) is 19.0. The van der Waals surface area contributed by atoms with Gasteiger partial charge in [-0.2, -0.15) is 5.10 Å². The van der Waals surface area contributed by atoms with Crippen LogP contribution in [-0.4, -0.2) is 31.6 Å². The second-order valence-electron chi connectivity index (χ2n) is 8.45. The number of ether oxygens (including phenoxy) is 1. The molecule has 4 aromatic rings. The zero-order valence-corrected chi connectivity index (χ0v) is 19.0. The van der Waals surface area contributed by atoms with E-state index in [2.05, 4.69) is 28.4 Å². The van der Waals surface area contributed by atoms with Crippen molar-refractivity contribution >= 4 is 11.6 Å². The molecule has 0 bridgehead atoms. The Morgan fingerprint density at radius 3 is 2.75 bits per heavy atom. The maximum Gasteiger partial charge on any atom is 0.251 e. The summed E-state index contributed by atoms with van der Waals surface area (Å²) in [6, 6.07) is 13.3. The quantitative estimate of drug-likeness (QED) is 0.456. The van der Waals surface area contributed by atoms with Crippen molar-refractivity contribution in [2.75, 3.05) is 6.54 Å². The van der Waals surface area contributed by atoms with E-state index in [1.807, 2.05) is 66.5 Å². The van der Waals surface area contributed by atoms with Gasteiger partial charge in [0.05, 0.1) is 11.4 Å². The van der Waals surface area contributed by atoms with Gasteiger partial charge in [0.1, 0.15) is 18.0 Å². The molecule has 0 aliphatic heterocycles. The van der Waals surface area contributed by atoms with Crippen molar-refractivity contribution < 1.29 is 9.53 Å². The number of carbonyl (C=O) groups is 1. The monoisotopic (exact) mass is 431 g/mol. The van der Waals surface area contributed by atoms with Gasteiger partial charge < -0.3 is 14.5 Å². The summed E-state index contributed by atoms with van der Waals surface area (Å²) >= 11 is 0. The highest BCUT2D eigenvalue weighted by Gasteiger charge is 2.11. The Labute approximate surface area is 188 Å². The van der Waals surface area contributed by atoms with Gasteiger partial charge in [-0.25, -0.2) is 4.98 Å². The fourth-order valence-electron chi connectivity index (χ4n) is 3.70. The number of amides is 1. The van der Waals surface area contributed by atoms with Crippen molar-refractivity contribution in [3.8, 4) is 5.75 Å². The fourth-order valence-corrected chi connectivity index (χ4v) is 3.70. The van der Waals surface area contributed by atoms with E-state index in [1.165, 1.54) is 5.56 Å². The molecule has 0 aliphatic carbocycles. The number of hydrogen-bond acceptors (Lipinski definition) is 4. The van der Waals surface area contributed by atoms with Crippen LogP contribution in [0, 0.1) is 26.7 Å². The summed E-state index contributed by atoms with van der Waals surface area (Å²) in [5, 5.41) is 7.51. The van der Waals surface area contributed by atoms with Gasteiger partial charge >= 0.3 is 0 Å². The second kappa shape index (κ2) is 9.26. The van der Waals surface area contributed by atoms with Crippen molar-refractivity contribution in [1.82, 2.24) is 24.5 Å². The summed E-state index contributed by atoms with van der Waals surface area (Å²) in [7, 11) is 0. The predicted molar refractivity (Wildman–Crippen MR) is 124 cm³/mol. The normalized spacial score (nSPS) is 12.1. The molecule has 4 rings (SSSR count). The Morgan fingerprint density at radius 1 is 1.12 bits per heavy atom. The summed E-state index contributed by atoms with van der Waals surface area (Å²) in [4.78, 5) is 17.2. The molecule has 32 heavy (non-hydrogen) atoms. The highest BCUT2D eigenvalue weighted by molar-refractivity contribution is 5.94. The lowest BCUT2D eigenvalue weighted by molar-refractivity contribution is 0.0946. The molecule has 1 atom stereocenters. The number of aromatic nitrogens is 4. The molecule has 0 aliphatic rings. The van der Waals surface area contributed by atoms with E-state index in [0.29, 0.717) is 24.5 Å². The van der Waals surface area contributed by atoms with Crippen LogP contribution in [0.4, 0.5) is 0 Å². The molecule has 1 N–H and O–H groups in total. The van der Waals surface area contributed by atoms with Gasteiger partial charge in [0.2, 0.25) is 0 Å². The summed E-state index contributed by atoms with van der Waals surface area (Å²) in [5.74, 6) is 0.788. The van der Waals surface area contributed by atoms with E-state index < -0.39 is 0 Å². The minimum Gasteiger partial charge on any atom is -0.487 e. The molecule has 0 radical (unpaired) electrons. The number of benzene rings is 1. The van der Waals surface area contributed by atoms with Crippen LogP contribution in [0.15, 0.2) is 54.9 Å². The third-order valence-electron chi connectivity index (χ3n) is 5.33. The topological polar surface area (TPSA) is 73.4 Å². The molecule has 0 spiro atoms. The second-order valence-corrected chi connectivity index (χ2v) is 8.45. The number of nitrogens with one attached hydrogen (secondary N) is 1. The molecule has 7 nitrogen and oxygen atoms in total. The van der Waals surface area contributed by atoms with Gasteiger partial charge in [0.25, 0.3) is 5.91 Å². The first kappa shape index (κ1) is 21.6. The summed E-state index contributed by atoms with van der Waals surface area (Å²) in [5.41, 5.74) is 5.61. The maximum atomic E-state index is 12.6. The Bertz CT molecular complexity index is 1240. The molecule has 1 unspecified atom stereocenters. The van der Waals surface area contributed by atoms with Crippen molar-refractivity contribution in [2.45, 2.75) is 40.8 Å². The highest BCUT2D eigenvalue weighted by atomic mass is 16.5. The van der Waals surface area contributed by atoms with Crippen molar-refractivity contribution in [3.05, 3.63) is 83.1 Å². The largest absolute Gasteiger partial charge is 0.487 e. The first-order valence-corrected chi connectivity index (χ1v) is 10.8. The molecule has 1 amide bonds. The van der Waals surface area contributed by atoms with Crippen LogP contribution in [-0.2, 0) is 13.2 Å². The number of imidazole rings is 1. The van der Waals surface area contributed by atoms with E-state index in [1.54, 1.807) is 12.1 Å². The number of hydrogen-bond donors (Lipinski definition) is 1. The van der Waals surface area contributed by atoms with Crippen molar-refractivity contribution in [1.29, 1.82) is 0 Å². The Morgan fingerprint density at radius 2 is 1.97 bits per heavy atom. The molecule has 0 saturated heterocycles. The number of carbonyl (C=O) groups excluding carboxylic acids is 1. The molecule has 1 aromatic carbocycles. The molecule has 0 fully saturated rings. The zero-order chi connectivity index (χ0) is 22.7. The Hall–Kier alpha value is -3.61. The average Bonchev–Trinajstić information content (AvgIpc) is 3.31. The average molecular weight is 432 g/mol. The summed E-state index contributed by atoms with van der Waals surface area (Å²) < 4.78 is 9.87. The minimum absolute atomic E-state index is 0.112. The number of nitrogens with zero attached hydrogens (tertiary/aromatic N) is 4. The maximum absolute atomic E-state index is 12.6. The molecule has 7 heteroatoms. The Kier molecular flexibility index (Phi) is 6.25. The SMILES string of the molecule is Cc1ccc2nc(COc3cccc(C(=O)NCC(C)Cn4nc(C)cc4C)c3)cn2c1. The van der Waals surface area contributed by atoms with Crippen LogP contribution >= 0.6 is 0 Å². The molecule has 3 aromatic heterocycles. The van der Waals surface area contributed by atoms with Crippen molar-refractivity contribution in [2.24, 2.45) is 5.92 Å². The standard InChI is InChI=1S/C25H29N5O2/c1-17-8-9-24-27-22(15-29(24)13-17)16-32-23-7-5-6-21(11-23)25(31)26-12-18(2)14-30-20(4)10-19(3)28-30/h5-11,13,15,18H,12,14,16H2,1-4H3,(H,26,31). The highest BCUT2D eigenvalue weighted by Crippen LogP contribution is 2.16. The third-order valence-corrected chi connectivity index (χ3v) is 5.33. The molecular weight excluding hydrogens is 402 g/mol. The van der Waals surface area contributed by atoms with Crippen molar-refractivity contribution in [3.63, 3.8) is 0 Å². The summed E-state index contributed by atoms with van der Waals surface area (Å²) in [6.07, 6.45) is 4.00. The number of fused-ring (bicyclic) bond motifs is 1. The predicted octanol–water partition coefficient (Wildman–Crippen LogP) is 4.10. The van der Waals surface area contributed by atoms with Crippen LogP contribution in [0.2, 0.25) is 0 Å². The Balaban J connectivity index is 1.32. The lowest BCUT2D eigenvalue weighted by Gasteiger charge is -2.14. The van der Waals surface area contributed by atoms with E-state index in [0.717, 1.165) is 29.3 Å². The van der Waals surface area contributed by atoms with Gasteiger partial charge in [-0.1, -0.05) is 19.1 Å². The smallest absolute Gasteiger partial charge is 0.251 e. The van der Waals surface area contributed by atoms with E-state index in [4.69, 9.17) is 4.74 Å². The van der Waals surface area contributed by atoms with E-state index in [9.17, 15) is 4.79 Å². The lowest BCUT2D eigenvalue weighted by atomic mass is 10.1. The van der Waals surface area contributed by atoms with Gasteiger partial charge in [0.15, 0.2) is 0 Å². The van der Waals surface area contributed by atoms with Gasteiger partial charge in [-0.15, -0.1) is 0 Å². The van der Waals surface area contributed by atoms with E-state index in [-0.39, 0.29) is 11.8 Å². The van der Waals surface area contributed by atoms with E-state index >= 15 is 0 Å². The van der Waals surface area contributed by atoms with Crippen LogP contribution in [0.5, 0.6) is 5.75 Å². The molecule has 3 heterocycles. The van der Waals surface area contributed by atoms with Gasteiger partial charge in [0, 0.05) is 36.7 Å². The molecule has 0 saturated carbocycles. The van der Waals surface area contributed by atoms with Gasteiger partial charge in [-0.05, 0) is 62.6 Å². The lowest BCUT2D eigenvalue weighted by Crippen LogP contribution is -2.30. The number of aryl methyl sites for hydroxylation is 3. The third kappa shape index (κ3) is 5.17. The first-order chi connectivity index (χ1) is 15.4. The van der Waals surface area contributed by atoms with Crippen LogP contribution in [0.3, 0.4) is 0 Å². The first-order valence-electron chi connectivity index (χ1n) is 10.8. The van der Waals surface area contributed by atoms with Crippen LogP contribution in [0.25, 0.3) is 5.65 Å². The molecule has 166 valence electrons. The number of pyridine rings is 1. The summed E-state index contributed by atoms with van der Waals surface area (Å²) in [6.45, 7) is 9.86. The fraction of sp³-hybridized carbons (Fsp3) is 0.320. The van der Waals surface area contributed by atoms with Gasteiger partial charge in [-0.3, -0.25) is 9.48 Å².